The smallest absolute Gasteiger partial charge is 0.0251 e. The molecule has 17 heavy (non-hydrogen) atoms. The van der Waals surface area contributed by atoms with Gasteiger partial charge in [-0.15, -0.1) is 0 Å². The zero-order valence-electron chi connectivity index (χ0n) is 11.8. The van der Waals surface area contributed by atoms with Crippen LogP contribution in [0.15, 0.2) is 0 Å². The summed E-state index contributed by atoms with van der Waals surface area (Å²) < 4.78 is 0. The second-order valence-electron chi connectivity index (χ2n) is 6.18. The molecular formula is C15H30N2. The molecule has 1 saturated heterocycles. The predicted molar refractivity (Wildman–Crippen MR) is 74.3 cm³/mol. The number of hydrogen-bond acceptors (Lipinski definition) is 2. The van der Waals surface area contributed by atoms with Gasteiger partial charge >= 0.3 is 0 Å². The van der Waals surface area contributed by atoms with Crippen LogP contribution in [0.25, 0.3) is 0 Å². The van der Waals surface area contributed by atoms with Gasteiger partial charge in [0.1, 0.15) is 0 Å². The van der Waals surface area contributed by atoms with Crippen molar-refractivity contribution in [1.29, 1.82) is 0 Å². The average Bonchev–Trinajstić information content (AvgIpc) is 2.28. The molecule has 100 valence electrons. The maximum atomic E-state index is 3.57. The first kappa shape index (κ1) is 13.4. The maximum Gasteiger partial charge on any atom is 0.0251 e. The molecule has 2 heteroatoms. The van der Waals surface area contributed by atoms with Gasteiger partial charge < -0.3 is 5.32 Å². The Morgan fingerprint density at radius 3 is 2.24 bits per heavy atom. The molecule has 3 atom stereocenters. The van der Waals surface area contributed by atoms with E-state index in [1.165, 1.54) is 64.5 Å². The third-order valence-electron chi connectivity index (χ3n) is 4.81. The molecule has 0 bridgehead atoms. The third kappa shape index (κ3) is 3.69. The molecule has 1 aliphatic heterocycles. The molecule has 0 radical (unpaired) electrons. The number of likely N-dealkylation sites (tertiary alicyclic amines) is 1. The van der Waals surface area contributed by atoms with Crippen molar-refractivity contribution in [3.8, 4) is 0 Å². The lowest BCUT2D eigenvalue weighted by Gasteiger charge is -2.42. The van der Waals surface area contributed by atoms with E-state index < -0.39 is 0 Å². The van der Waals surface area contributed by atoms with Crippen LogP contribution in [-0.2, 0) is 0 Å². The summed E-state index contributed by atoms with van der Waals surface area (Å²) in [5, 5.41) is 3.57. The van der Waals surface area contributed by atoms with E-state index in [1.54, 1.807) is 0 Å². The number of hydrogen-bond donors (Lipinski definition) is 1. The van der Waals surface area contributed by atoms with E-state index in [9.17, 15) is 0 Å². The molecule has 1 saturated carbocycles. The molecule has 2 nitrogen and oxygen atoms in total. The Morgan fingerprint density at radius 2 is 1.59 bits per heavy atom. The Hall–Kier alpha value is -0.0800. The molecule has 0 aromatic heterocycles. The van der Waals surface area contributed by atoms with Crippen molar-refractivity contribution < 1.29 is 0 Å². The van der Waals surface area contributed by atoms with Crippen molar-refractivity contribution in [3.05, 3.63) is 0 Å². The van der Waals surface area contributed by atoms with Crippen LogP contribution in [0.3, 0.4) is 0 Å². The minimum Gasteiger partial charge on any atom is -0.315 e. The predicted octanol–water partition coefficient (Wildman–Crippen LogP) is 3.03. The van der Waals surface area contributed by atoms with E-state index in [-0.39, 0.29) is 0 Å². The molecule has 1 heterocycles. The molecule has 0 aromatic carbocycles. The SMILES string of the molecule is CNC1CCC(C)CC1N1CCCCCCC1. The topological polar surface area (TPSA) is 15.3 Å². The van der Waals surface area contributed by atoms with Crippen molar-refractivity contribution in [2.45, 2.75) is 70.4 Å². The van der Waals surface area contributed by atoms with Gasteiger partial charge in [0.15, 0.2) is 0 Å². The van der Waals surface area contributed by atoms with E-state index >= 15 is 0 Å². The Morgan fingerprint density at radius 1 is 0.941 bits per heavy atom. The minimum absolute atomic E-state index is 0.741. The van der Waals surface area contributed by atoms with Gasteiger partial charge in [-0.25, -0.2) is 0 Å². The average molecular weight is 238 g/mol. The number of likely N-dealkylation sites (N-methyl/N-ethyl adjacent to an activating group) is 1. The van der Waals surface area contributed by atoms with Gasteiger partial charge in [-0.2, -0.15) is 0 Å². The molecule has 1 aliphatic carbocycles. The summed E-state index contributed by atoms with van der Waals surface area (Å²) in [4.78, 5) is 2.80. The highest BCUT2D eigenvalue weighted by molar-refractivity contribution is 4.90. The van der Waals surface area contributed by atoms with Crippen LogP contribution >= 0.6 is 0 Å². The van der Waals surface area contributed by atoms with Crippen molar-refractivity contribution in [2.75, 3.05) is 20.1 Å². The van der Waals surface area contributed by atoms with Gasteiger partial charge in [0.05, 0.1) is 0 Å². The van der Waals surface area contributed by atoms with Crippen LogP contribution < -0.4 is 5.32 Å². The van der Waals surface area contributed by atoms with Crippen LogP contribution in [0.1, 0.15) is 58.3 Å². The first-order valence-electron chi connectivity index (χ1n) is 7.72. The second-order valence-corrected chi connectivity index (χ2v) is 6.18. The fourth-order valence-corrected chi connectivity index (χ4v) is 3.69. The molecule has 1 N–H and O–H groups in total. The van der Waals surface area contributed by atoms with Crippen LogP contribution in [0, 0.1) is 5.92 Å². The van der Waals surface area contributed by atoms with Gasteiger partial charge in [0, 0.05) is 12.1 Å². The van der Waals surface area contributed by atoms with Gasteiger partial charge in [-0.05, 0) is 58.2 Å². The van der Waals surface area contributed by atoms with Crippen molar-refractivity contribution in [3.63, 3.8) is 0 Å². The quantitative estimate of drug-likeness (QED) is 0.795. The Bertz CT molecular complexity index is 209. The number of nitrogens with one attached hydrogen (secondary N) is 1. The molecule has 0 spiro atoms. The largest absolute Gasteiger partial charge is 0.315 e. The lowest BCUT2D eigenvalue weighted by atomic mass is 9.82. The van der Waals surface area contributed by atoms with E-state index in [4.69, 9.17) is 0 Å². The van der Waals surface area contributed by atoms with E-state index in [2.05, 4.69) is 24.2 Å². The van der Waals surface area contributed by atoms with Gasteiger partial charge in [0.2, 0.25) is 0 Å². The standard InChI is InChI=1S/C15H30N2/c1-13-8-9-14(16-2)15(12-13)17-10-6-4-3-5-7-11-17/h13-16H,3-12H2,1-2H3. The highest BCUT2D eigenvalue weighted by Crippen LogP contribution is 2.29. The summed E-state index contributed by atoms with van der Waals surface area (Å²) in [6, 6.07) is 1.55. The normalized spacial score (nSPS) is 37.4. The van der Waals surface area contributed by atoms with Crippen LogP contribution in [0.5, 0.6) is 0 Å². The molecule has 2 fully saturated rings. The lowest BCUT2D eigenvalue weighted by molar-refractivity contribution is 0.0958. The summed E-state index contributed by atoms with van der Waals surface area (Å²) in [5.41, 5.74) is 0. The molecule has 0 amide bonds. The third-order valence-corrected chi connectivity index (χ3v) is 4.81. The van der Waals surface area contributed by atoms with Gasteiger partial charge in [-0.3, -0.25) is 4.90 Å². The summed E-state index contributed by atoms with van der Waals surface area (Å²) in [5.74, 6) is 0.926. The maximum absolute atomic E-state index is 3.57. The Balaban J connectivity index is 1.95. The number of nitrogens with zero attached hydrogens (tertiary/aromatic N) is 1. The van der Waals surface area contributed by atoms with Crippen molar-refractivity contribution >= 4 is 0 Å². The zero-order valence-corrected chi connectivity index (χ0v) is 11.8. The second kappa shape index (κ2) is 6.75. The fourth-order valence-electron chi connectivity index (χ4n) is 3.69. The first-order chi connectivity index (χ1) is 8.31. The van der Waals surface area contributed by atoms with Gasteiger partial charge in [-0.1, -0.05) is 26.2 Å². The highest BCUT2D eigenvalue weighted by atomic mass is 15.2. The Labute approximate surface area is 107 Å². The fraction of sp³-hybridized carbons (Fsp3) is 1.00. The summed E-state index contributed by atoms with van der Waals surface area (Å²) in [7, 11) is 2.15. The minimum atomic E-state index is 0.741. The number of rotatable bonds is 2. The monoisotopic (exact) mass is 238 g/mol. The Kier molecular flexibility index (Phi) is 5.30. The van der Waals surface area contributed by atoms with Crippen molar-refractivity contribution in [2.24, 2.45) is 5.92 Å². The van der Waals surface area contributed by atoms with Crippen LogP contribution in [0.2, 0.25) is 0 Å². The van der Waals surface area contributed by atoms with Crippen LogP contribution in [0.4, 0.5) is 0 Å². The summed E-state index contributed by atoms with van der Waals surface area (Å²) >= 11 is 0. The van der Waals surface area contributed by atoms with Crippen LogP contribution in [-0.4, -0.2) is 37.1 Å². The molecule has 0 aromatic rings. The lowest BCUT2D eigenvalue weighted by Crippen LogP contribution is -2.52. The van der Waals surface area contributed by atoms with E-state index in [0.717, 1.165) is 18.0 Å². The molecule has 3 unspecified atom stereocenters. The van der Waals surface area contributed by atoms with E-state index in [0.29, 0.717) is 0 Å². The highest BCUT2D eigenvalue weighted by Gasteiger charge is 2.31. The molecule has 2 aliphatic rings. The molecule has 2 rings (SSSR count). The van der Waals surface area contributed by atoms with Gasteiger partial charge in [0.25, 0.3) is 0 Å². The van der Waals surface area contributed by atoms with E-state index in [1.807, 2.05) is 0 Å². The zero-order chi connectivity index (χ0) is 12.1. The summed E-state index contributed by atoms with van der Waals surface area (Å²) in [6.45, 7) is 5.12. The summed E-state index contributed by atoms with van der Waals surface area (Å²) in [6.07, 6.45) is 11.4. The first-order valence-corrected chi connectivity index (χ1v) is 7.72. The molecular weight excluding hydrogens is 208 g/mol. The van der Waals surface area contributed by atoms with Crippen molar-refractivity contribution in [1.82, 2.24) is 10.2 Å².